The van der Waals surface area contributed by atoms with Gasteiger partial charge in [-0.05, 0) is 48.5 Å². The molecule has 3 N–H and O–H groups in total. The molecule has 3 rings (SSSR count). The van der Waals surface area contributed by atoms with Gasteiger partial charge < -0.3 is 25.4 Å². The first-order chi connectivity index (χ1) is 13.5. The number of hydrogen-bond donors (Lipinski definition) is 2. The average molecular weight is 535 g/mol. The molecule has 0 bridgehead atoms. The molecule has 158 valence electrons. The van der Waals surface area contributed by atoms with Gasteiger partial charge in [0.1, 0.15) is 24.3 Å². The first-order valence-electron chi connectivity index (χ1n) is 9.13. The minimum Gasteiger partial charge on any atom is -0.491 e. The Bertz CT molecular complexity index is 784. The van der Waals surface area contributed by atoms with E-state index in [1.54, 1.807) is 0 Å². The predicted octanol–water partition coefficient (Wildman–Crippen LogP) is 2.97. The van der Waals surface area contributed by atoms with E-state index in [0.717, 1.165) is 36.9 Å². The third-order valence-corrected chi connectivity index (χ3v) is 4.77. The van der Waals surface area contributed by atoms with Crippen LogP contribution in [0.15, 0.2) is 53.5 Å². The zero-order valence-electron chi connectivity index (χ0n) is 15.9. The van der Waals surface area contributed by atoms with Crippen molar-refractivity contribution >= 4 is 47.2 Å². The lowest BCUT2D eigenvalue weighted by atomic mass is 10.2. The van der Waals surface area contributed by atoms with Gasteiger partial charge in [-0.2, -0.15) is 0 Å². The number of anilines is 1. The van der Waals surface area contributed by atoms with Gasteiger partial charge in [-0.1, -0.05) is 11.6 Å². The van der Waals surface area contributed by atoms with E-state index in [1.807, 2.05) is 29.2 Å². The Morgan fingerprint density at radius 3 is 2.34 bits per heavy atom. The van der Waals surface area contributed by atoms with Crippen LogP contribution in [0.2, 0.25) is 5.02 Å². The van der Waals surface area contributed by atoms with Crippen LogP contribution in [0.4, 0.5) is 10.1 Å². The Balaban J connectivity index is 0.00000300. The van der Waals surface area contributed by atoms with E-state index in [-0.39, 0.29) is 42.9 Å². The van der Waals surface area contributed by atoms with Gasteiger partial charge in [0.25, 0.3) is 0 Å². The molecule has 9 heteroatoms. The summed E-state index contributed by atoms with van der Waals surface area (Å²) in [6.45, 7) is 3.36. The number of halogens is 3. The third-order valence-electron chi connectivity index (χ3n) is 4.52. The zero-order valence-corrected chi connectivity index (χ0v) is 19.0. The molecule has 1 unspecified atom stereocenters. The second-order valence-corrected chi connectivity index (χ2v) is 7.00. The summed E-state index contributed by atoms with van der Waals surface area (Å²) in [6, 6.07) is 13.4. The van der Waals surface area contributed by atoms with Crippen LogP contribution in [0.25, 0.3) is 0 Å². The molecule has 0 amide bonds. The predicted molar refractivity (Wildman–Crippen MR) is 125 cm³/mol. The van der Waals surface area contributed by atoms with Gasteiger partial charge in [-0.3, -0.25) is 4.99 Å². The summed E-state index contributed by atoms with van der Waals surface area (Å²) < 4.78 is 18.3. The van der Waals surface area contributed by atoms with Gasteiger partial charge in [0.2, 0.25) is 0 Å². The van der Waals surface area contributed by atoms with E-state index in [1.165, 1.54) is 24.3 Å². The maximum absolute atomic E-state index is 12.9. The van der Waals surface area contributed by atoms with Crippen LogP contribution >= 0.6 is 35.6 Å². The number of aliphatic imine (C=N–C) groups is 1. The summed E-state index contributed by atoms with van der Waals surface area (Å²) in [5.74, 6) is 0.578. The minimum absolute atomic E-state index is 0. The Hall–Kier alpha value is -1.78. The number of aliphatic hydroxyl groups is 1. The minimum atomic E-state index is -0.793. The summed E-state index contributed by atoms with van der Waals surface area (Å²) in [6.07, 6.45) is -0.793. The van der Waals surface area contributed by atoms with Gasteiger partial charge >= 0.3 is 0 Å². The fraction of sp³-hybridized carbons (Fsp3) is 0.350. The molecule has 1 saturated heterocycles. The van der Waals surface area contributed by atoms with E-state index >= 15 is 0 Å². The van der Waals surface area contributed by atoms with Crippen LogP contribution < -0.4 is 15.4 Å². The highest BCUT2D eigenvalue weighted by Gasteiger charge is 2.18. The first-order valence-corrected chi connectivity index (χ1v) is 9.51. The van der Waals surface area contributed by atoms with Gasteiger partial charge in [0.05, 0.1) is 6.54 Å². The van der Waals surface area contributed by atoms with Crippen molar-refractivity contribution in [2.75, 3.05) is 44.2 Å². The van der Waals surface area contributed by atoms with Crippen molar-refractivity contribution in [3.8, 4) is 5.75 Å². The maximum atomic E-state index is 12.9. The lowest BCUT2D eigenvalue weighted by Crippen LogP contribution is -2.51. The van der Waals surface area contributed by atoms with Crippen molar-refractivity contribution in [2.24, 2.45) is 10.7 Å². The average Bonchev–Trinajstić information content (AvgIpc) is 2.72. The molecule has 2 aromatic rings. The van der Waals surface area contributed by atoms with Crippen molar-refractivity contribution in [2.45, 2.75) is 6.10 Å². The Kier molecular flexibility index (Phi) is 9.25. The van der Waals surface area contributed by atoms with E-state index in [9.17, 15) is 9.50 Å². The van der Waals surface area contributed by atoms with Gasteiger partial charge in [0.15, 0.2) is 5.96 Å². The largest absolute Gasteiger partial charge is 0.491 e. The molecule has 1 aliphatic rings. The second kappa shape index (κ2) is 11.4. The molecular formula is C20H25ClFIN4O2. The number of hydrogen-bond acceptors (Lipinski definition) is 4. The summed E-state index contributed by atoms with van der Waals surface area (Å²) in [5.41, 5.74) is 7.20. The van der Waals surface area contributed by atoms with Gasteiger partial charge in [-0.15, -0.1) is 24.0 Å². The molecule has 0 spiro atoms. The van der Waals surface area contributed by atoms with Gasteiger partial charge in [0, 0.05) is 36.9 Å². The standard InChI is InChI=1S/C20H24ClFN4O2.HI/c21-15-1-5-17(6-2-15)25-9-11-26(12-10-25)20(23)24-13-18(27)14-28-19-7-3-16(22)4-8-19;/h1-8,18,27H,9-14H2,(H2,23,24);1H. The molecule has 0 saturated carbocycles. The van der Waals surface area contributed by atoms with Crippen LogP contribution in [0.3, 0.4) is 0 Å². The highest BCUT2D eigenvalue weighted by Crippen LogP contribution is 2.19. The number of benzene rings is 2. The van der Waals surface area contributed by atoms with E-state index in [4.69, 9.17) is 22.1 Å². The van der Waals surface area contributed by atoms with Crippen LogP contribution in [-0.4, -0.2) is 61.4 Å². The number of nitrogens with zero attached hydrogens (tertiary/aromatic N) is 3. The normalized spacial score (nSPS) is 15.6. The maximum Gasteiger partial charge on any atom is 0.191 e. The molecule has 29 heavy (non-hydrogen) atoms. The summed E-state index contributed by atoms with van der Waals surface area (Å²) >= 11 is 5.94. The first kappa shape index (κ1) is 23.5. The van der Waals surface area contributed by atoms with Crippen LogP contribution in [-0.2, 0) is 0 Å². The number of nitrogens with two attached hydrogens (primary N) is 1. The van der Waals surface area contributed by atoms with Crippen molar-refractivity contribution in [3.05, 3.63) is 59.4 Å². The topological polar surface area (TPSA) is 74.3 Å². The smallest absolute Gasteiger partial charge is 0.191 e. The highest BCUT2D eigenvalue weighted by molar-refractivity contribution is 14.0. The third kappa shape index (κ3) is 7.20. The van der Waals surface area contributed by atoms with Crippen LogP contribution in [0.1, 0.15) is 0 Å². The number of aliphatic hydroxyl groups excluding tert-OH is 1. The Morgan fingerprint density at radius 1 is 1.10 bits per heavy atom. The number of guanidine groups is 1. The van der Waals surface area contributed by atoms with Crippen molar-refractivity contribution in [1.29, 1.82) is 0 Å². The van der Waals surface area contributed by atoms with E-state index < -0.39 is 6.10 Å². The van der Waals surface area contributed by atoms with Crippen molar-refractivity contribution in [3.63, 3.8) is 0 Å². The number of piperazine rings is 1. The number of rotatable bonds is 6. The molecule has 1 aliphatic heterocycles. The van der Waals surface area contributed by atoms with Crippen molar-refractivity contribution < 1.29 is 14.2 Å². The van der Waals surface area contributed by atoms with Crippen LogP contribution in [0.5, 0.6) is 5.75 Å². The molecule has 0 aromatic heterocycles. The van der Waals surface area contributed by atoms with E-state index in [2.05, 4.69) is 9.89 Å². The second-order valence-electron chi connectivity index (χ2n) is 6.57. The Morgan fingerprint density at radius 2 is 1.72 bits per heavy atom. The Labute approximate surface area is 192 Å². The fourth-order valence-electron chi connectivity index (χ4n) is 2.92. The molecule has 0 aliphatic carbocycles. The number of ether oxygens (including phenoxy) is 1. The monoisotopic (exact) mass is 534 g/mol. The van der Waals surface area contributed by atoms with E-state index in [0.29, 0.717) is 11.7 Å². The lowest BCUT2D eigenvalue weighted by molar-refractivity contribution is 0.114. The molecule has 1 fully saturated rings. The molecule has 0 radical (unpaired) electrons. The van der Waals surface area contributed by atoms with Crippen LogP contribution in [0, 0.1) is 5.82 Å². The van der Waals surface area contributed by atoms with Gasteiger partial charge in [-0.25, -0.2) is 4.39 Å². The van der Waals surface area contributed by atoms with Crippen molar-refractivity contribution in [1.82, 2.24) is 4.90 Å². The highest BCUT2D eigenvalue weighted by atomic mass is 127. The summed E-state index contributed by atoms with van der Waals surface area (Å²) in [4.78, 5) is 8.55. The molecule has 1 atom stereocenters. The molecule has 1 heterocycles. The fourth-order valence-corrected chi connectivity index (χ4v) is 3.05. The summed E-state index contributed by atoms with van der Waals surface area (Å²) in [7, 11) is 0. The SMILES string of the molecule is I.NC(=NCC(O)COc1ccc(F)cc1)N1CCN(c2ccc(Cl)cc2)CC1. The lowest BCUT2D eigenvalue weighted by Gasteiger charge is -2.36. The molecule has 6 nitrogen and oxygen atoms in total. The molecular weight excluding hydrogens is 510 g/mol. The quantitative estimate of drug-likeness (QED) is 0.339. The zero-order chi connectivity index (χ0) is 19.9. The summed E-state index contributed by atoms with van der Waals surface area (Å²) in [5, 5.41) is 10.7. The molecule has 2 aromatic carbocycles.